The Balaban J connectivity index is 1.57. The summed E-state index contributed by atoms with van der Waals surface area (Å²) in [4.78, 5) is 33.7. The maximum absolute atomic E-state index is 12.6. The van der Waals surface area contributed by atoms with E-state index in [9.17, 15) is 28.1 Å². The summed E-state index contributed by atoms with van der Waals surface area (Å²) in [5, 5.41) is 15.9. The third-order valence-electron chi connectivity index (χ3n) is 4.19. The van der Waals surface area contributed by atoms with Gasteiger partial charge in [0.2, 0.25) is 15.7 Å². The van der Waals surface area contributed by atoms with Crippen LogP contribution in [0.4, 0.5) is 11.4 Å². The van der Waals surface area contributed by atoms with Gasteiger partial charge in [-0.05, 0) is 48.5 Å². The average molecular weight is 443 g/mol. The third kappa shape index (κ3) is 5.34. The number of benzene rings is 2. The van der Waals surface area contributed by atoms with Crippen molar-refractivity contribution < 1.29 is 27.3 Å². The van der Waals surface area contributed by atoms with Crippen LogP contribution in [0.25, 0.3) is 0 Å². The standard InChI is InChI=1S/C20H17N3O7S/c24-19(11-12-21-20(25)18-2-1-13-30-18)22-14-3-7-16(8-4-14)31(28,29)17-9-5-15(6-10-17)23(26)27/h1-10,13H,11-12H2,(H,21,25)(H,22,24). The molecule has 2 N–H and O–H groups in total. The monoisotopic (exact) mass is 443 g/mol. The van der Waals surface area contributed by atoms with Gasteiger partial charge in [-0.15, -0.1) is 0 Å². The number of carbonyl (C=O) groups is 2. The van der Waals surface area contributed by atoms with Gasteiger partial charge in [0, 0.05) is 30.8 Å². The van der Waals surface area contributed by atoms with Gasteiger partial charge < -0.3 is 15.1 Å². The molecular formula is C20H17N3O7S. The largest absolute Gasteiger partial charge is 0.459 e. The smallest absolute Gasteiger partial charge is 0.286 e. The number of hydrogen-bond acceptors (Lipinski definition) is 7. The number of non-ortho nitro benzene ring substituents is 1. The molecular weight excluding hydrogens is 426 g/mol. The lowest BCUT2D eigenvalue weighted by Gasteiger charge is -2.08. The zero-order chi connectivity index (χ0) is 22.4. The fourth-order valence-electron chi connectivity index (χ4n) is 2.61. The minimum atomic E-state index is -3.86. The number of nitro groups is 1. The van der Waals surface area contributed by atoms with Crippen LogP contribution in [-0.4, -0.2) is 31.7 Å². The Labute approximate surface area is 177 Å². The first-order chi connectivity index (χ1) is 14.8. The van der Waals surface area contributed by atoms with Crippen LogP contribution in [0.3, 0.4) is 0 Å². The Bertz CT molecular complexity index is 1190. The van der Waals surface area contributed by atoms with Gasteiger partial charge in [-0.3, -0.25) is 19.7 Å². The molecule has 0 saturated carbocycles. The summed E-state index contributed by atoms with van der Waals surface area (Å²) in [6.45, 7) is 0.0952. The highest BCUT2D eigenvalue weighted by molar-refractivity contribution is 7.91. The van der Waals surface area contributed by atoms with Crippen LogP contribution < -0.4 is 10.6 Å². The third-order valence-corrected chi connectivity index (χ3v) is 5.97. The van der Waals surface area contributed by atoms with E-state index in [1.54, 1.807) is 6.07 Å². The second-order valence-corrected chi connectivity index (χ2v) is 8.26. The van der Waals surface area contributed by atoms with E-state index in [1.807, 2.05) is 0 Å². The number of rotatable bonds is 8. The number of anilines is 1. The molecule has 0 spiro atoms. The summed E-state index contributed by atoms with van der Waals surface area (Å²) in [6.07, 6.45) is 1.38. The van der Waals surface area contributed by atoms with Gasteiger partial charge in [-0.1, -0.05) is 0 Å². The highest BCUT2D eigenvalue weighted by Crippen LogP contribution is 2.24. The number of hydrogen-bond donors (Lipinski definition) is 2. The van der Waals surface area contributed by atoms with Crippen molar-refractivity contribution in [3.63, 3.8) is 0 Å². The van der Waals surface area contributed by atoms with E-state index in [4.69, 9.17) is 4.42 Å². The summed E-state index contributed by atoms with van der Waals surface area (Å²) in [6, 6.07) is 13.2. The molecule has 0 atom stereocenters. The molecule has 2 amide bonds. The van der Waals surface area contributed by atoms with E-state index in [1.165, 1.54) is 48.7 Å². The zero-order valence-corrected chi connectivity index (χ0v) is 16.8. The molecule has 0 aliphatic rings. The molecule has 160 valence electrons. The fraction of sp³-hybridized carbons (Fsp3) is 0.100. The summed E-state index contributed by atoms with van der Waals surface area (Å²) < 4.78 is 30.2. The number of nitrogens with one attached hydrogen (secondary N) is 2. The van der Waals surface area contributed by atoms with Gasteiger partial charge in [-0.25, -0.2) is 8.42 Å². The molecule has 1 aromatic heterocycles. The minimum absolute atomic E-state index is 0.00922. The molecule has 0 radical (unpaired) electrons. The van der Waals surface area contributed by atoms with Crippen molar-refractivity contribution >= 4 is 33.0 Å². The molecule has 11 heteroatoms. The maximum Gasteiger partial charge on any atom is 0.286 e. The first-order valence-electron chi connectivity index (χ1n) is 8.98. The predicted octanol–water partition coefficient (Wildman–Crippen LogP) is 2.78. The van der Waals surface area contributed by atoms with Crippen molar-refractivity contribution in [2.24, 2.45) is 0 Å². The van der Waals surface area contributed by atoms with E-state index < -0.39 is 20.7 Å². The van der Waals surface area contributed by atoms with Crippen LogP contribution in [0.5, 0.6) is 0 Å². The summed E-state index contributed by atoms with van der Waals surface area (Å²) in [5.74, 6) is -0.658. The summed E-state index contributed by atoms with van der Waals surface area (Å²) in [5.41, 5.74) is 0.169. The van der Waals surface area contributed by atoms with Gasteiger partial charge >= 0.3 is 0 Å². The van der Waals surface area contributed by atoms with Gasteiger partial charge in [0.05, 0.1) is 21.0 Å². The molecule has 0 aliphatic heterocycles. The van der Waals surface area contributed by atoms with Crippen LogP contribution in [0.2, 0.25) is 0 Å². The second-order valence-electron chi connectivity index (χ2n) is 6.31. The molecule has 3 aromatic rings. The average Bonchev–Trinajstić information content (AvgIpc) is 3.29. The molecule has 0 aliphatic carbocycles. The summed E-state index contributed by atoms with van der Waals surface area (Å²) >= 11 is 0. The highest BCUT2D eigenvalue weighted by atomic mass is 32.2. The Morgan fingerprint density at radius 1 is 0.968 bits per heavy atom. The minimum Gasteiger partial charge on any atom is -0.459 e. The van der Waals surface area contributed by atoms with E-state index in [0.717, 1.165) is 12.1 Å². The zero-order valence-electron chi connectivity index (χ0n) is 16.0. The van der Waals surface area contributed by atoms with E-state index >= 15 is 0 Å². The molecule has 2 aromatic carbocycles. The molecule has 1 heterocycles. The molecule has 3 rings (SSSR count). The quantitative estimate of drug-likeness (QED) is 0.401. The highest BCUT2D eigenvalue weighted by Gasteiger charge is 2.19. The van der Waals surface area contributed by atoms with Gasteiger partial charge in [0.1, 0.15) is 0 Å². The van der Waals surface area contributed by atoms with Crippen molar-refractivity contribution in [2.75, 3.05) is 11.9 Å². The maximum atomic E-state index is 12.6. The summed E-state index contributed by atoms with van der Waals surface area (Å²) in [7, 11) is -3.86. The Hall–Kier alpha value is -3.99. The van der Waals surface area contributed by atoms with E-state index in [0.29, 0.717) is 5.69 Å². The lowest BCUT2D eigenvalue weighted by molar-refractivity contribution is -0.384. The number of nitro benzene ring substituents is 1. The van der Waals surface area contributed by atoms with E-state index in [-0.39, 0.29) is 40.1 Å². The van der Waals surface area contributed by atoms with Crippen molar-refractivity contribution in [3.05, 3.63) is 82.8 Å². The molecule has 0 saturated heterocycles. The van der Waals surface area contributed by atoms with Crippen molar-refractivity contribution in [1.29, 1.82) is 0 Å². The number of amides is 2. The predicted molar refractivity (Wildman–Crippen MR) is 109 cm³/mol. The van der Waals surface area contributed by atoms with Crippen molar-refractivity contribution in [2.45, 2.75) is 16.2 Å². The Kier molecular flexibility index (Phi) is 6.46. The van der Waals surface area contributed by atoms with Gasteiger partial charge in [0.25, 0.3) is 11.6 Å². The van der Waals surface area contributed by atoms with Crippen LogP contribution >= 0.6 is 0 Å². The molecule has 0 bridgehead atoms. The molecule has 31 heavy (non-hydrogen) atoms. The first kappa shape index (κ1) is 21.7. The molecule has 10 nitrogen and oxygen atoms in total. The first-order valence-corrected chi connectivity index (χ1v) is 10.5. The van der Waals surface area contributed by atoms with Gasteiger partial charge in [0.15, 0.2) is 5.76 Å². The Morgan fingerprint density at radius 2 is 1.58 bits per heavy atom. The lowest BCUT2D eigenvalue weighted by Crippen LogP contribution is -2.27. The van der Waals surface area contributed by atoms with Crippen LogP contribution in [0.15, 0.2) is 81.1 Å². The van der Waals surface area contributed by atoms with Crippen molar-refractivity contribution in [1.82, 2.24) is 5.32 Å². The lowest BCUT2D eigenvalue weighted by atomic mass is 10.3. The van der Waals surface area contributed by atoms with Crippen LogP contribution in [0, 0.1) is 10.1 Å². The second kappa shape index (κ2) is 9.22. The van der Waals surface area contributed by atoms with Crippen molar-refractivity contribution in [3.8, 4) is 0 Å². The number of furan rings is 1. The van der Waals surface area contributed by atoms with Gasteiger partial charge in [-0.2, -0.15) is 0 Å². The van der Waals surface area contributed by atoms with Crippen LogP contribution in [0.1, 0.15) is 17.0 Å². The van der Waals surface area contributed by atoms with E-state index in [2.05, 4.69) is 10.6 Å². The SMILES string of the molecule is O=C(CCNC(=O)c1ccco1)Nc1ccc(S(=O)(=O)c2ccc([N+](=O)[O-])cc2)cc1. The Morgan fingerprint density at radius 3 is 2.13 bits per heavy atom. The molecule has 0 fully saturated rings. The normalized spacial score (nSPS) is 11.0. The number of sulfone groups is 1. The number of nitrogens with zero attached hydrogens (tertiary/aromatic N) is 1. The number of carbonyl (C=O) groups excluding carboxylic acids is 2. The molecule has 0 unspecified atom stereocenters. The van der Waals surface area contributed by atoms with Crippen LogP contribution in [-0.2, 0) is 14.6 Å². The fourth-order valence-corrected chi connectivity index (χ4v) is 3.87. The topological polar surface area (TPSA) is 149 Å².